The van der Waals surface area contributed by atoms with E-state index >= 15 is 0 Å². The first kappa shape index (κ1) is 18.0. The van der Waals surface area contributed by atoms with Crippen LogP contribution in [0.25, 0.3) is 0 Å². The molecule has 8 fully saturated rings. The molecule has 30 heavy (non-hydrogen) atoms. The van der Waals surface area contributed by atoms with Crippen LogP contribution in [0.15, 0.2) is 18.2 Å². The summed E-state index contributed by atoms with van der Waals surface area (Å²) < 4.78 is 0. The van der Waals surface area contributed by atoms with E-state index in [1.54, 1.807) is 0 Å². The number of hydrogen-bond acceptors (Lipinski definition) is 0. The van der Waals surface area contributed by atoms with E-state index in [9.17, 15) is 0 Å². The zero-order valence-electron chi connectivity index (χ0n) is 18.2. The summed E-state index contributed by atoms with van der Waals surface area (Å²) in [5, 5.41) is 0. The summed E-state index contributed by atoms with van der Waals surface area (Å²) in [5.41, 5.74) is 2.91. The molecule has 0 spiro atoms. The van der Waals surface area contributed by atoms with Crippen LogP contribution >= 0.6 is 0 Å². The van der Waals surface area contributed by atoms with Crippen LogP contribution in [-0.2, 0) is 0 Å². The van der Waals surface area contributed by atoms with Crippen molar-refractivity contribution in [1.82, 2.24) is 0 Å². The highest BCUT2D eigenvalue weighted by Gasteiger charge is 2.51. The van der Waals surface area contributed by atoms with Gasteiger partial charge in [0.2, 0.25) is 0 Å². The predicted octanol–water partition coefficient (Wildman–Crippen LogP) is 6.62. The molecule has 1 radical (unpaired) electrons. The zero-order valence-corrected chi connectivity index (χ0v) is 18.2. The van der Waals surface area contributed by atoms with Gasteiger partial charge in [-0.25, -0.2) is 0 Å². The Morgan fingerprint density at radius 1 is 0.567 bits per heavy atom. The minimum Gasteiger partial charge on any atom is -0.0911 e. The van der Waals surface area contributed by atoms with Gasteiger partial charge in [-0.15, -0.1) is 0 Å². The van der Waals surface area contributed by atoms with E-state index in [1.165, 1.54) is 77.0 Å². The van der Waals surface area contributed by atoms with E-state index < -0.39 is 0 Å². The van der Waals surface area contributed by atoms with Crippen LogP contribution in [0.3, 0.4) is 0 Å². The van der Waals surface area contributed by atoms with Crippen LogP contribution in [0, 0.1) is 76.1 Å². The second-order valence-electron chi connectivity index (χ2n) is 12.4. The lowest BCUT2D eigenvalue weighted by Gasteiger charge is -2.54. The topological polar surface area (TPSA) is 0 Å². The number of benzene rings is 1. The van der Waals surface area contributed by atoms with Gasteiger partial charge >= 0.3 is 0 Å². The van der Waals surface area contributed by atoms with Crippen LogP contribution in [0.1, 0.15) is 88.2 Å². The van der Waals surface area contributed by atoms with Crippen molar-refractivity contribution in [1.29, 1.82) is 0 Å². The maximum atomic E-state index is 3.80. The minimum atomic E-state index is 0.329. The molecule has 0 amide bonds. The van der Waals surface area contributed by atoms with Gasteiger partial charge in [-0.05, 0) is 137 Å². The van der Waals surface area contributed by atoms with Crippen molar-refractivity contribution < 1.29 is 0 Å². The molecule has 8 aliphatic rings. The summed E-state index contributed by atoms with van der Waals surface area (Å²) in [4.78, 5) is 0. The Morgan fingerprint density at radius 3 is 1.23 bits per heavy atom. The maximum absolute atomic E-state index is 3.80. The zero-order chi connectivity index (χ0) is 19.8. The van der Waals surface area contributed by atoms with E-state index in [1.807, 2.05) is 0 Å². The van der Waals surface area contributed by atoms with Crippen molar-refractivity contribution in [2.24, 2.45) is 46.3 Å². The summed E-state index contributed by atoms with van der Waals surface area (Å²) >= 11 is 0. The predicted molar refractivity (Wildman–Crippen MR) is 120 cm³/mol. The molecule has 0 aromatic heterocycles. The monoisotopic (exact) mass is 393 g/mol. The Kier molecular flexibility index (Phi) is 3.85. The van der Waals surface area contributed by atoms with Gasteiger partial charge in [0.25, 0.3) is 0 Å². The van der Waals surface area contributed by atoms with Crippen molar-refractivity contribution in [3.63, 3.8) is 0 Å². The molecule has 8 aliphatic carbocycles. The average Bonchev–Trinajstić information content (AvgIpc) is 2.69. The molecule has 8 bridgehead atoms. The lowest BCUT2D eigenvalue weighted by molar-refractivity contribution is -0.0182. The third-order valence-corrected chi connectivity index (χ3v) is 9.81. The Balaban J connectivity index is 1.13. The first-order valence-electron chi connectivity index (χ1n) is 12.7. The second-order valence-corrected chi connectivity index (χ2v) is 12.4. The number of hydrogen-bond donors (Lipinski definition) is 0. The van der Waals surface area contributed by atoms with Crippen LogP contribution < -0.4 is 0 Å². The standard InChI is InChI=1S/C30H33/c1-2-21(4-6-29-15-23-9-24(16-29)11-25(10-23)17-29)8-22(3-1)5-7-30-18-26-12-27(19-30)14-28(13-26)20-30/h2-3,8,23-28H,9-20H2. The van der Waals surface area contributed by atoms with E-state index in [4.69, 9.17) is 0 Å². The molecule has 0 heterocycles. The summed E-state index contributed by atoms with van der Waals surface area (Å²) in [5.74, 6) is 20.6. The molecule has 8 saturated carbocycles. The summed E-state index contributed by atoms with van der Waals surface area (Å²) in [6.45, 7) is 0. The fourth-order valence-corrected chi connectivity index (χ4v) is 9.55. The molecule has 0 N–H and O–H groups in total. The second kappa shape index (κ2) is 6.42. The first-order valence-corrected chi connectivity index (χ1v) is 12.7. The molecule has 1 aromatic rings. The molecule has 0 nitrogen and oxygen atoms in total. The highest BCUT2D eigenvalue weighted by molar-refractivity contribution is 5.45. The Bertz CT molecular complexity index is 838. The highest BCUT2D eigenvalue weighted by Crippen LogP contribution is 2.60. The third-order valence-electron chi connectivity index (χ3n) is 9.81. The molecule has 1 aromatic carbocycles. The van der Waals surface area contributed by atoms with Gasteiger partial charge in [-0.1, -0.05) is 23.7 Å². The molecule has 153 valence electrons. The first-order chi connectivity index (χ1) is 14.6. The minimum absolute atomic E-state index is 0.329. The van der Waals surface area contributed by atoms with Crippen LogP contribution in [0.2, 0.25) is 0 Å². The SMILES string of the molecule is C(#CC12CC3CC(CC(C3)C1)C2)c1c[c]cc(C#CC23CC4CC(CC(C4)C2)C3)c1. The largest absolute Gasteiger partial charge is 0.0911 e. The van der Waals surface area contributed by atoms with Crippen molar-refractivity contribution >= 4 is 0 Å². The fourth-order valence-electron chi connectivity index (χ4n) is 9.55. The smallest absolute Gasteiger partial charge is 0.0326 e. The Morgan fingerprint density at radius 2 is 0.900 bits per heavy atom. The Hall–Kier alpha value is -1.66. The lowest BCUT2D eigenvalue weighted by Crippen LogP contribution is -2.45. The van der Waals surface area contributed by atoms with Gasteiger partial charge in [0.05, 0.1) is 0 Å². The summed E-state index contributed by atoms with van der Waals surface area (Å²) in [6, 6.07) is 9.72. The molecule has 0 aliphatic heterocycles. The molecular weight excluding hydrogens is 360 g/mol. The Labute approximate surface area is 182 Å². The molecule has 0 unspecified atom stereocenters. The van der Waals surface area contributed by atoms with Crippen LogP contribution in [0.4, 0.5) is 0 Å². The van der Waals surface area contributed by atoms with Gasteiger partial charge in [-0.3, -0.25) is 0 Å². The van der Waals surface area contributed by atoms with Crippen LogP contribution in [-0.4, -0.2) is 0 Å². The van der Waals surface area contributed by atoms with E-state index in [-0.39, 0.29) is 0 Å². The van der Waals surface area contributed by atoms with Crippen molar-refractivity contribution in [3.8, 4) is 23.7 Å². The summed E-state index contributed by atoms with van der Waals surface area (Å²) in [7, 11) is 0. The average molecular weight is 394 g/mol. The van der Waals surface area contributed by atoms with Gasteiger partial charge in [0.15, 0.2) is 0 Å². The number of rotatable bonds is 0. The normalized spacial score (nSPS) is 46.8. The maximum Gasteiger partial charge on any atom is 0.0326 e. The van der Waals surface area contributed by atoms with Crippen molar-refractivity contribution in [2.45, 2.75) is 77.0 Å². The molecule has 0 saturated heterocycles. The van der Waals surface area contributed by atoms with E-state index in [0.29, 0.717) is 10.8 Å². The summed E-state index contributed by atoms with van der Waals surface area (Å²) in [6.07, 6.45) is 17.1. The quantitative estimate of drug-likeness (QED) is 0.434. The van der Waals surface area contributed by atoms with E-state index in [2.05, 4.69) is 47.9 Å². The molecular formula is C30H33. The van der Waals surface area contributed by atoms with Gasteiger partial charge < -0.3 is 0 Å². The van der Waals surface area contributed by atoms with Crippen LogP contribution in [0.5, 0.6) is 0 Å². The lowest BCUT2D eigenvalue weighted by atomic mass is 9.50. The van der Waals surface area contributed by atoms with Crippen molar-refractivity contribution in [2.75, 3.05) is 0 Å². The molecule has 0 heteroatoms. The van der Waals surface area contributed by atoms with Gasteiger partial charge in [-0.2, -0.15) is 0 Å². The highest BCUT2D eigenvalue weighted by atomic mass is 14.5. The van der Waals surface area contributed by atoms with Gasteiger partial charge in [0.1, 0.15) is 0 Å². The van der Waals surface area contributed by atoms with Crippen molar-refractivity contribution in [3.05, 3.63) is 35.4 Å². The molecule has 9 rings (SSSR count). The van der Waals surface area contributed by atoms with Gasteiger partial charge in [0, 0.05) is 22.0 Å². The third kappa shape index (κ3) is 3.06. The van der Waals surface area contributed by atoms with E-state index in [0.717, 1.165) is 46.6 Å². The molecule has 0 atom stereocenters. The fraction of sp³-hybridized carbons (Fsp3) is 0.667.